The molecule has 1 aliphatic rings. The van der Waals surface area contributed by atoms with Crippen molar-refractivity contribution in [3.05, 3.63) is 52.2 Å². The zero-order chi connectivity index (χ0) is 17.9. The second kappa shape index (κ2) is 7.12. The average Bonchev–Trinajstić information content (AvgIpc) is 2.52. The van der Waals surface area contributed by atoms with Crippen LogP contribution in [-0.4, -0.2) is 23.5 Å². The number of urea groups is 1. The van der Waals surface area contributed by atoms with Crippen LogP contribution in [0.4, 0.5) is 10.5 Å². The van der Waals surface area contributed by atoms with Gasteiger partial charge in [0, 0.05) is 17.8 Å². The molecule has 1 aromatic rings. The van der Waals surface area contributed by atoms with Crippen LogP contribution in [0.15, 0.2) is 36.5 Å². The molecule has 0 radical (unpaired) electrons. The van der Waals surface area contributed by atoms with E-state index in [1.807, 2.05) is 13.8 Å². The lowest BCUT2D eigenvalue weighted by atomic mass is 9.89. The van der Waals surface area contributed by atoms with Gasteiger partial charge in [-0.05, 0) is 11.5 Å². The average molecular weight is 333 g/mol. The molecule has 0 spiro atoms. The number of nitro groups is 1. The molecule has 2 unspecified atom stereocenters. The second-order valence-corrected chi connectivity index (χ2v) is 5.95. The van der Waals surface area contributed by atoms with Crippen LogP contribution in [0.1, 0.15) is 25.5 Å². The predicted octanol–water partition coefficient (Wildman–Crippen LogP) is 2.28. The van der Waals surface area contributed by atoms with Gasteiger partial charge in [0.1, 0.15) is 5.92 Å². The molecule has 24 heavy (non-hydrogen) atoms. The third-order valence-corrected chi connectivity index (χ3v) is 3.55. The van der Waals surface area contributed by atoms with Gasteiger partial charge in [-0.3, -0.25) is 14.9 Å². The highest BCUT2D eigenvalue weighted by molar-refractivity contribution is 5.85. The summed E-state index contributed by atoms with van der Waals surface area (Å²) >= 11 is 0. The van der Waals surface area contributed by atoms with E-state index >= 15 is 0 Å². The lowest BCUT2D eigenvalue weighted by Crippen LogP contribution is -2.51. The topological polar surface area (TPSA) is 111 Å². The standard InChI is InChI=1S/C16H19N3O5/c1-9(2)8-24-15(20)13-10(3)17-16(21)18-14(13)11-4-6-12(7-5-11)19(22)23/h4-7,9,13-14H,3,8H2,1-2H3,(H2,17,18,21). The molecule has 8 nitrogen and oxygen atoms in total. The summed E-state index contributed by atoms with van der Waals surface area (Å²) in [6.07, 6.45) is 0. The molecule has 8 heteroatoms. The van der Waals surface area contributed by atoms with Crippen molar-refractivity contribution in [2.24, 2.45) is 11.8 Å². The van der Waals surface area contributed by atoms with Gasteiger partial charge in [-0.1, -0.05) is 32.6 Å². The maximum absolute atomic E-state index is 12.4. The maximum atomic E-state index is 12.4. The number of hydrogen-bond donors (Lipinski definition) is 2. The first-order valence-electron chi connectivity index (χ1n) is 7.47. The largest absolute Gasteiger partial charge is 0.465 e. The Morgan fingerprint density at radius 2 is 2.00 bits per heavy atom. The van der Waals surface area contributed by atoms with Gasteiger partial charge in [-0.25, -0.2) is 4.79 Å². The van der Waals surface area contributed by atoms with E-state index < -0.39 is 28.9 Å². The Hall–Kier alpha value is -2.90. The minimum absolute atomic E-state index is 0.0724. The highest BCUT2D eigenvalue weighted by Gasteiger charge is 2.39. The molecule has 0 aromatic heterocycles. The summed E-state index contributed by atoms with van der Waals surface area (Å²) in [5.41, 5.74) is 0.718. The third kappa shape index (κ3) is 3.89. The van der Waals surface area contributed by atoms with E-state index in [0.29, 0.717) is 5.56 Å². The van der Waals surface area contributed by atoms with Crippen molar-refractivity contribution in [1.29, 1.82) is 0 Å². The molecule has 0 bridgehead atoms. The number of non-ortho nitro benzene ring substituents is 1. The highest BCUT2D eigenvalue weighted by atomic mass is 16.6. The van der Waals surface area contributed by atoms with Crippen molar-refractivity contribution in [1.82, 2.24) is 10.6 Å². The van der Waals surface area contributed by atoms with Gasteiger partial charge in [0.2, 0.25) is 0 Å². The normalized spacial score (nSPS) is 20.3. The van der Waals surface area contributed by atoms with E-state index in [0.717, 1.165) is 0 Å². The van der Waals surface area contributed by atoms with Crippen molar-refractivity contribution >= 4 is 17.7 Å². The number of amides is 2. The van der Waals surface area contributed by atoms with Gasteiger partial charge in [0.25, 0.3) is 5.69 Å². The first kappa shape index (κ1) is 17.5. The summed E-state index contributed by atoms with van der Waals surface area (Å²) in [5.74, 6) is -1.15. The highest BCUT2D eigenvalue weighted by Crippen LogP contribution is 2.31. The molecule has 0 aliphatic carbocycles. The zero-order valence-electron chi connectivity index (χ0n) is 13.4. The molecule has 1 saturated heterocycles. The summed E-state index contributed by atoms with van der Waals surface area (Å²) in [5, 5.41) is 15.9. The van der Waals surface area contributed by atoms with Crippen LogP contribution in [0.25, 0.3) is 0 Å². The number of carbonyl (C=O) groups excluding carboxylic acids is 2. The molecule has 128 valence electrons. The molecule has 2 atom stereocenters. The number of ether oxygens (including phenoxy) is 1. The van der Waals surface area contributed by atoms with Gasteiger partial charge in [0.15, 0.2) is 0 Å². The van der Waals surface area contributed by atoms with Crippen LogP contribution < -0.4 is 10.6 Å². The van der Waals surface area contributed by atoms with Crippen molar-refractivity contribution in [2.75, 3.05) is 6.61 Å². The van der Waals surface area contributed by atoms with Crippen molar-refractivity contribution in [3.8, 4) is 0 Å². The SMILES string of the molecule is C=C1NC(=O)NC(c2ccc([N+](=O)[O-])cc2)C1C(=O)OCC(C)C. The number of carbonyl (C=O) groups is 2. The van der Waals surface area contributed by atoms with E-state index in [1.165, 1.54) is 24.3 Å². The minimum atomic E-state index is -0.817. The van der Waals surface area contributed by atoms with Crippen LogP contribution in [0.2, 0.25) is 0 Å². The molecule has 1 aliphatic heterocycles. The van der Waals surface area contributed by atoms with E-state index in [1.54, 1.807) is 0 Å². The quantitative estimate of drug-likeness (QED) is 0.488. The Bertz CT molecular complexity index is 669. The number of nitro benzene ring substituents is 1. The molecular weight excluding hydrogens is 314 g/mol. The first-order chi connectivity index (χ1) is 11.3. The molecule has 1 heterocycles. The number of esters is 1. The number of nitrogens with one attached hydrogen (secondary N) is 2. The summed E-state index contributed by atoms with van der Waals surface area (Å²) in [4.78, 5) is 34.4. The molecule has 2 amide bonds. The van der Waals surface area contributed by atoms with Gasteiger partial charge >= 0.3 is 12.0 Å². The predicted molar refractivity (Wildman–Crippen MR) is 85.9 cm³/mol. The fourth-order valence-electron chi connectivity index (χ4n) is 2.38. The molecule has 1 aromatic carbocycles. The van der Waals surface area contributed by atoms with Gasteiger partial charge in [-0.2, -0.15) is 0 Å². The van der Waals surface area contributed by atoms with Gasteiger partial charge < -0.3 is 15.4 Å². The molecule has 2 rings (SSSR count). The van der Waals surface area contributed by atoms with Crippen molar-refractivity contribution in [2.45, 2.75) is 19.9 Å². The van der Waals surface area contributed by atoms with Crippen LogP contribution >= 0.6 is 0 Å². The van der Waals surface area contributed by atoms with E-state index in [4.69, 9.17) is 4.74 Å². The lowest BCUT2D eigenvalue weighted by Gasteiger charge is -2.33. The van der Waals surface area contributed by atoms with Crippen LogP contribution in [-0.2, 0) is 9.53 Å². The Kier molecular flexibility index (Phi) is 5.18. The van der Waals surface area contributed by atoms with E-state index in [-0.39, 0.29) is 23.9 Å². The molecule has 2 N–H and O–H groups in total. The molecule has 0 saturated carbocycles. The summed E-state index contributed by atoms with van der Waals surface area (Å²) < 4.78 is 5.26. The van der Waals surface area contributed by atoms with Crippen LogP contribution in [0, 0.1) is 22.0 Å². The van der Waals surface area contributed by atoms with Gasteiger partial charge in [-0.15, -0.1) is 0 Å². The van der Waals surface area contributed by atoms with E-state index in [2.05, 4.69) is 17.2 Å². The summed E-state index contributed by atoms with van der Waals surface area (Å²) in [6, 6.07) is 4.46. The Labute approximate surface area is 139 Å². The Morgan fingerprint density at radius 3 is 2.54 bits per heavy atom. The molecule has 1 fully saturated rings. The van der Waals surface area contributed by atoms with Crippen molar-refractivity contribution in [3.63, 3.8) is 0 Å². The summed E-state index contributed by atoms with van der Waals surface area (Å²) in [6.45, 7) is 7.82. The first-order valence-corrected chi connectivity index (χ1v) is 7.47. The minimum Gasteiger partial charge on any atom is -0.465 e. The Balaban J connectivity index is 2.27. The monoisotopic (exact) mass is 333 g/mol. The Morgan fingerprint density at radius 1 is 1.38 bits per heavy atom. The third-order valence-electron chi connectivity index (χ3n) is 3.55. The number of hydrogen-bond acceptors (Lipinski definition) is 5. The number of benzene rings is 1. The molecular formula is C16H19N3O5. The van der Waals surface area contributed by atoms with Crippen LogP contribution in [0.5, 0.6) is 0 Å². The fraction of sp³-hybridized carbons (Fsp3) is 0.375. The lowest BCUT2D eigenvalue weighted by molar-refractivity contribution is -0.384. The number of rotatable bonds is 5. The fourth-order valence-corrected chi connectivity index (χ4v) is 2.38. The van der Waals surface area contributed by atoms with E-state index in [9.17, 15) is 19.7 Å². The van der Waals surface area contributed by atoms with Crippen molar-refractivity contribution < 1.29 is 19.2 Å². The smallest absolute Gasteiger partial charge is 0.319 e. The van der Waals surface area contributed by atoms with Gasteiger partial charge in [0.05, 0.1) is 17.6 Å². The zero-order valence-corrected chi connectivity index (χ0v) is 13.4. The second-order valence-electron chi connectivity index (χ2n) is 5.95. The van der Waals surface area contributed by atoms with Crippen LogP contribution in [0.3, 0.4) is 0 Å². The maximum Gasteiger partial charge on any atom is 0.319 e. The summed E-state index contributed by atoms with van der Waals surface area (Å²) in [7, 11) is 0. The number of nitrogens with zero attached hydrogens (tertiary/aromatic N) is 1.